The van der Waals surface area contributed by atoms with Gasteiger partial charge in [0.2, 0.25) is 0 Å². The summed E-state index contributed by atoms with van der Waals surface area (Å²) >= 11 is 6.02. The number of carboxylic acids is 1. The highest BCUT2D eigenvalue weighted by Gasteiger charge is 2.25. The molecule has 1 aliphatic rings. The SMILES string of the molecule is O=C(O)C[C@@H]1CCCCN1Cc1ccc(F)cc1Cl. The van der Waals surface area contributed by atoms with E-state index in [1.165, 1.54) is 12.1 Å². The van der Waals surface area contributed by atoms with Crippen molar-refractivity contribution in [1.82, 2.24) is 4.90 Å². The molecule has 1 aromatic rings. The van der Waals surface area contributed by atoms with Gasteiger partial charge >= 0.3 is 5.97 Å². The van der Waals surface area contributed by atoms with Crippen LogP contribution in [-0.2, 0) is 11.3 Å². The molecule has 0 aromatic heterocycles. The van der Waals surface area contributed by atoms with Gasteiger partial charge in [-0.3, -0.25) is 9.69 Å². The van der Waals surface area contributed by atoms with Crippen molar-refractivity contribution >= 4 is 17.6 Å². The summed E-state index contributed by atoms with van der Waals surface area (Å²) in [6, 6.07) is 4.40. The van der Waals surface area contributed by atoms with Gasteiger partial charge in [-0.1, -0.05) is 24.1 Å². The van der Waals surface area contributed by atoms with E-state index in [1.54, 1.807) is 6.07 Å². The molecule has 1 atom stereocenters. The second-order valence-corrected chi connectivity index (χ2v) is 5.36. The third-order valence-electron chi connectivity index (χ3n) is 3.55. The molecule has 1 aliphatic heterocycles. The quantitative estimate of drug-likeness (QED) is 0.923. The molecule has 1 heterocycles. The molecular formula is C14H17ClFNO2. The highest BCUT2D eigenvalue weighted by atomic mass is 35.5. The van der Waals surface area contributed by atoms with Gasteiger partial charge in [0, 0.05) is 17.6 Å². The van der Waals surface area contributed by atoms with Crippen molar-refractivity contribution in [3.63, 3.8) is 0 Å². The fourth-order valence-electron chi connectivity index (χ4n) is 2.57. The molecule has 0 spiro atoms. The van der Waals surface area contributed by atoms with E-state index in [9.17, 15) is 9.18 Å². The van der Waals surface area contributed by atoms with Crippen LogP contribution >= 0.6 is 11.6 Å². The second kappa shape index (κ2) is 6.35. The van der Waals surface area contributed by atoms with Crippen LogP contribution in [0, 0.1) is 5.82 Å². The van der Waals surface area contributed by atoms with Crippen molar-refractivity contribution in [1.29, 1.82) is 0 Å². The van der Waals surface area contributed by atoms with Crippen molar-refractivity contribution in [2.45, 2.75) is 38.3 Å². The van der Waals surface area contributed by atoms with E-state index in [0.29, 0.717) is 11.6 Å². The standard InChI is InChI=1S/C14H17ClFNO2/c15-13-7-11(16)5-4-10(13)9-17-6-2-1-3-12(17)8-14(18)19/h4-5,7,12H,1-3,6,8-9H2,(H,18,19)/t12-/m0/s1. The number of likely N-dealkylation sites (tertiary alicyclic amines) is 1. The van der Waals surface area contributed by atoms with Gasteiger partial charge < -0.3 is 5.11 Å². The lowest BCUT2D eigenvalue weighted by atomic mass is 9.98. The fraction of sp³-hybridized carbons (Fsp3) is 0.500. The van der Waals surface area contributed by atoms with Crippen LogP contribution in [0.2, 0.25) is 5.02 Å². The largest absolute Gasteiger partial charge is 0.481 e. The van der Waals surface area contributed by atoms with Crippen molar-refractivity contribution in [3.05, 3.63) is 34.6 Å². The van der Waals surface area contributed by atoms with Gasteiger partial charge in [-0.15, -0.1) is 0 Å². The van der Waals surface area contributed by atoms with Gasteiger partial charge in [0.15, 0.2) is 0 Å². The summed E-state index contributed by atoms with van der Waals surface area (Å²) in [7, 11) is 0. The number of hydrogen-bond acceptors (Lipinski definition) is 2. The number of halogens is 2. The van der Waals surface area contributed by atoms with Gasteiger partial charge in [0.05, 0.1) is 6.42 Å². The van der Waals surface area contributed by atoms with Crippen LogP contribution in [0.25, 0.3) is 0 Å². The van der Waals surface area contributed by atoms with E-state index < -0.39 is 5.97 Å². The number of nitrogens with zero attached hydrogens (tertiary/aromatic N) is 1. The minimum atomic E-state index is -0.776. The Hall–Kier alpha value is -1.13. The maximum atomic E-state index is 13.0. The molecule has 3 nitrogen and oxygen atoms in total. The molecular weight excluding hydrogens is 269 g/mol. The van der Waals surface area contributed by atoms with Crippen LogP contribution < -0.4 is 0 Å². The smallest absolute Gasteiger partial charge is 0.304 e. The monoisotopic (exact) mass is 285 g/mol. The molecule has 104 valence electrons. The summed E-state index contributed by atoms with van der Waals surface area (Å²) in [4.78, 5) is 13.0. The number of carbonyl (C=O) groups is 1. The van der Waals surface area contributed by atoms with Crippen LogP contribution in [0.3, 0.4) is 0 Å². The third-order valence-corrected chi connectivity index (χ3v) is 3.90. The van der Waals surface area contributed by atoms with Crippen LogP contribution in [-0.4, -0.2) is 28.6 Å². The van der Waals surface area contributed by atoms with Crippen molar-refractivity contribution < 1.29 is 14.3 Å². The van der Waals surface area contributed by atoms with E-state index in [-0.39, 0.29) is 18.3 Å². The molecule has 0 amide bonds. The molecule has 1 aromatic carbocycles. The minimum absolute atomic E-state index is 0.0485. The first-order valence-corrected chi connectivity index (χ1v) is 6.84. The minimum Gasteiger partial charge on any atom is -0.481 e. The van der Waals surface area contributed by atoms with E-state index in [2.05, 4.69) is 4.90 Å². The number of piperidine rings is 1. The Morgan fingerprint density at radius 1 is 1.47 bits per heavy atom. The first-order valence-electron chi connectivity index (χ1n) is 6.46. The number of hydrogen-bond donors (Lipinski definition) is 1. The topological polar surface area (TPSA) is 40.5 Å². The lowest BCUT2D eigenvalue weighted by molar-refractivity contribution is -0.138. The van der Waals surface area contributed by atoms with Gasteiger partial charge in [-0.05, 0) is 37.1 Å². The molecule has 1 fully saturated rings. The normalized spacial score (nSPS) is 20.4. The summed E-state index contributed by atoms with van der Waals surface area (Å²) in [6.07, 6.45) is 3.17. The summed E-state index contributed by atoms with van der Waals surface area (Å²) < 4.78 is 13.0. The van der Waals surface area contributed by atoms with Gasteiger partial charge in [-0.25, -0.2) is 4.39 Å². The Morgan fingerprint density at radius 3 is 2.95 bits per heavy atom. The molecule has 0 bridgehead atoms. The molecule has 0 radical (unpaired) electrons. The molecule has 5 heteroatoms. The predicted molar refractivity (Wildman–Crippen MR) is 71.7 cm³/mol. The maximum absolute atomic E-state index is 13.0. The zero-order chi connectivity index (χ0) is 13.8. The number of rotatable bonds is 4. The molecule has 0 aliphatic carbocycles. The highest BCUT2D eigenvalue weighted by Crippen LogP contribution is 2.25. The van der Waals surface area contributed by atoms with Crippen molar-refractivity contribution in [3.8, 4) is 0 Å². The van der Waals surface area contributed by atoms with Crippen molar-refractivity contribution in [2.75, 3.05) is 6.54 Å². The van der Waals surface area contributed by atoms with Crippen LogP contribution in [0.4, 0.5) is 4.39 Å². The summed E-state index contributed by atoms with van der Waals surface area (Å²) in [6.45, 7) is 1.45. The zero-order valence-electron chi connectivity index (χ0n) is 10.6. The third kappa shape index (κ3) is 3.91. The summed E-state index contributed by atoms with van der Waals surface area (Å²) in [5, 5.41) is 9.34. The predicted octanol–water partition coefficient (Wildman–Crippen LogP) is 3.31. The first-order chi connectivity index (χ1) is 9.06. The molecule has 0 unspecified atom stereocenters. The molecule has 2 rings (SSSR count). The first kappa shape index (κ1) is 14.3. The van der Waals surface area contributed by atoms with Crippen LogP contribution in [0.5, 0.6) is 0 Å². The average Bonchev–Trinajstić information content (AvgIpc) is 2.34. The van der Waals surface area contributed by atoms with Crippen molar-refractivity contribution in [2.24, 2.45) is 0 Å². The zero-order valence-corrected chi connectivity index (χ0v) is 11.4. The lowest BCUT2D eigenvalue weighted by Crippen LogP contribution is -2.40. The van der Waals surface area contributed by atoms with E-state index in [0.717, 1.165) is 31.4 Å². The Labute approximate surface area is 117 Å². The summed E-state index contributed by atoms with van der Waals surface area (Å²) in [5.41, 5.74) is 0.848. The Bertz CT molecular complexity index is 467. The highest BCUT2D eigenvalue weighted by molar-refractivity contribution is 6.31. The Morgan fingerprint density at radius 2 is 2.26 bits per heavy atom. The molecule has 1 saturated heterocycles. The average molecular weight is 286 g/mol. The number of aliphatic carboxylic acids is 1. The molecule has 19 heavy (non-hydrogen) atoms. The van der Waals surface area contributed by atoms with Gasteiger partial charge in [0.1, 0.15) is 5.82 Å². The number of carboxylic acid groups (broad SMARTS) is 1. The van der Waals surface area contributed by atoms with Crippen LogP contribution in [0.15, 0.2) is 18.2 Å². The van der Waals surface area contributed by atoms with E-state index in [1.807, 2.05) is 0 Å². The van der Waals surface area contributed by atoms with E-state index in [4.69, 9.17) is 16.7 Å². The summed E-state index contributed by atoms with van der Waals surface area (Å²) in [5.74, 6) is -1.13. The van der Waals surface area contributed by atoms with E-state index >= 15 is 0 Å². The van der Waals surface area contributed by atoms with Gasteiger partial charge in [0.25, 0.3) is 0 Å². The Balaban J connectivity index is 2.08. The van der Waals surface area contributed by atoms with Gasteiger partial charge in [-0.2, -0.15) is 0 Å². The molecule has 0 saturated carbocycles. The Kier molecular flexibility index (Phi) is 4.77. The molecule has 1 N–H and O–H groups in total. The lowest BCUT2D eigenvalue weighted by Gasteiger charge is -2.35. The maximum Gasteiger partial charge on any atom is 0.304 e. The van der Waals surface area contributed by atoms with Crippen LogP contribution in [0.1, 0.15) is 31.2 Å². The number of benzene rings is 1. The second-order valence-electron chi connectivity index (χ2n) is 4.95. The fourth-order valence-corrected chi connectivity index (χ4v) is 2.80.